The molecule has 0 spiro atoms. The van der Waals surface area contributed by atoms with E-state index in [-0.39, 0.29) is 23.3 Å². The van der Waals surface area contributed by atoms with Crippen molar-refractivity contribution >= 4 is 40.8 Å². The molecule has 8 nitrogen and oxygen atoms in total. The van der Waals surface area contributed by atoms with Crippen LogP contribution in [0, 0.1) is 0 Å². The molecular weight excluding hydrogens is 420 g/mol. The standard InChI is InChI=1S/C22H23ClN4O4/c1-2-20(29)24-17-7-8-19(28)18(14-17)21(30)26-9-4-10-27(12-11-26)22(31)25-16-6-3-5-15(23)13-16/h2-3,5-8,13-14,28H,1,4,9-12H2,(H,24,29)(H,25,31). The molecule has 1 saturated heterocycles. The van der Waals surface area contributed by atoms with Gasteiger partial charge in [-0.25, -0.2) is 4.79 Å². The van der Waals surface area contributed by atoms with Gasteiger partial charge in [-0.1, -0.05) is 24.2 Å². The molecule has 1 fully saturated rings. The van der Waals surface area contributed by atoms with Gasteiger partial charge in [-0.2, -0.15) is 0 Å². The van der Waals surface area contributed by atoms with Crippen LogP contribution in [-0.4, -0.2) is 58.9 Å². The number of nitrogens with one attached hydrogen (secondary N) is 2. The molecule has 4 amide bonds. The lowest BCUT2D eigenvalue weighted by molar-refractivity contribution is -0.111. The van der Waals surface area contributed by atoms with Crippen molar-refractivity contribution in [2.45, 2.75) is 6.42 Å². The zero-order valence-electron chi connectivity index (χ0n) is 16.8. The third kappa shape index (κ3) is 5.76. The highest BCUT2D eigenvalue weighted by atomic mass is 35.5. The van der Waals surface area contributed by atoms with Crippen LogP contribution in [0.15, 0.2) is 55.1 Å². The molecule has 0 aliphatic carbocycles. The van der Waals surface area contributed by atoms with E-state index < -0.39 is 5.91 Å². The van der Waals surface area contributed by atoms with Gasteiger partial charge < -0.3 is 25.5 Å². The van der Waals surface area contributed by atoms with Crippen LogP contribution < -0.4 is 10.6 Å². The van der Waals surface area contributed by atoms with Gasteiger partial charge in [0.05, 0.1) is 5.56 Å². The van der Waals surface area contributed by atoms with Crippen molar-refractivity contribution in [2.75, 3.05) is 36.8 Å². The molecular formula is C22H23ClN4O4. The van der Waals surface area contributed by atoms with E-state index in [0.717, 1.165) is 6.08 Å². The second-order valence-electron chi connectivity index (χ2n) is 7.00. The molecule has 3 N–H and O–H groups in total. The van der Waals surface area contributed by atoms with Crippen molar-refractivity contribution in [1.29, 1.82) is 0 Å². The molecule has 31 heavy (non-hydrogen) atoms. The Bertz CT molecular complexity index is 1010. The molecule has 162 valence electrons. The highest BCUT2D eigenvalue weighted by molar-refractivity contribution is 6.30. The number of hydrogen-bond donors (Lipinski definition) is 3. The number of nitrogens with zero attached hydrogens (tertiary/aromatic N) is 2. The van der Waals surface area contributed by atoms with Crippen LogP contribution >= 0.6 is 11.6 Å². The third-order valence-electron chi connectivity index (χ3n) is 4.83. The summed E-state index contributed by atoms with van der Waals surface area (Å²) in [5, 5.41) is 16.1. The van der Waals surface area contributed by atoms with E-state index in [9.17, 15) is 19.5 Å². The molecule has 0 bridgehead atoms. The molecule has 0 atom stereocenters. The van der Waals surface area contributed by atoms with Crippen LogP contribution in [-0.2, 0) is 4.79 Å². The molecule has 0 aromatic heterocycles. The summed E-state index contributed by atoms with van der Waals surface area (Å²) in [7, 11) is 0. The van der Waals surface area contributed by atoms with E-state index in [4.69, 9.17) is 11.6 Å². The average molecular weight is 443 g/mol. The lowest BCUT2D eigenvalue weighted by Gasteiger charge is -2.23. The van der Waals surface area contributed by atoms with Crippen molar-refractivity contribution in [3.05, 3.63) is 65.7 Å². The molecule has 3 rings (SSSR count). The fourth-order valence-electron chi connectivity index (χ4n) is 3.24. The summed E-state index contributed by atoms with van der Waals surface area (Å²) in [5.74, 6) is -0.967. The highest BCUT2D eigenvalue weighted by Gasteiger charge is 2.25. The van der Waals surface area contributed by atoms with Gasteiger partial charge in [0.15, 0.2) is 0 Å². The predicted molar refractivity (Wildman–Crippen MR) is 119 cm³/mol. The van der Waals surface area contributed by atoms with Crippen molar-refractivity contribution < 1.29 is 19.5 Å². The van der Waals surface area contributed by atoms with Crippen LogP contribution in [0.25, 0.3) is 0 Å². The fraction of sp³-hybridized carbons (Fsp3) is 0.227. The second-order valence-corrected chi connectivity index (χ2v) is 7.44. The van der Waals surface area contributed by atoms with E-state index in [1.165, 1.54) is 18.2 Å². The maximum Gasteiger partial charge on any atom is 0.321 e. The maximum absolute atomic E-state index is 13.0. The predicted octanol–water partition coefficient (Wildman–Crippen LogP) is 3.55. The number of phenols is 1. The smallest absolute Gasteiger partial charge is 0.321 e. The number of rotatable bonds is 4. The monoisotopic (exact) mass is 442 g/mol. The lowest BCUT2D eigenvalue weighted by atomic mass is 10.1. The fourth-order valence-corrected chi connectivity index (χ4v) is 3.43. The molecule has 1 heterocycles. The Morgan fingerprint density at radius 3 is 2.42 bits per heavy atom. The van der Waals surface area contributed by atoms with Crippen molar-refractivity contribution in [1.82, 2.24) is 9.80 Å². The number of phenolic OH excluding ortho intramolecular Hbond substituents is 1. The lowest BCUT2D eigenvalue weighted by Crippen LogP contribution is -2.39. The molecule has 9 heteroatoms. The maximum atomic E-state index is 13.0. The minimum absolute atomic E-state index is 0.0821. The normalized spacial score (nSPS) is 13.8. The Hall–Kier alpha value is -3.52. The SMILES string of the molecule is C=CC(=O)Nc1ccc(O)c(C(=O)N2CCCN(C(=O)Nc3cccc(Cl)c3)CC2)c1. The molecule has 1 aliphatic rings. The molecule has 1 aliphatic heterocycles. The highest BCUT2D eigenvalue weighted by Crippen LogP contribution is 2.24. The van der Waals surface area contributed by atoms with Crippen LogP contribution in [0.3, 0.4) is 0 Å². The van der Waals surface area contributed by atoms with Crippen LogP contribution in [0.5, 0.6) is 5.75 Å². The summed E-state index contributed by atoms with van der Waals surface area (Å²) in [4.78, 5) is 40.3. The Balaban J connectivity index is 1.65. The van der Waals surface area contributed by atoms with E-state index in [0.29, 0.717) is 49.0 Å². The Labute approximate surface area is 185 Å². The van der Waals surface area contributed by atoms with Gasteiger partial charge in [0, 0.05) is 42.6 Å². The number of carbonyl (C=O) groups excluding carboxylic acids is 3. The average Bonchev–Trinajstić information content (AvgIpc) is 3.01. The zero-order chi connectivity index (χ0) is 22.4. The van der Waals surface area contributed by atoms with Crippen molar-refractivity contribution in [3.8, 4) is 5.75 Å². The summed E-state index contributed by atoms with van der Waals surface area (Å²) < 4.78 is 0. The van der Waals surface area contributed by atoms with Crippen molar-refractivity contribution in [2.24, 2.45) is 0 Å². The number of amides is 4. The van der Waals surface area contributed by atoms with Gasteiger partial charge in [0.2, 0.25) is 5.91 Å². The topological polar surface area (TPSA) is 102 Å². The van der Waals surface area contributed by atoms with E-state index >= 15 is 0 Å². The Kier molecular flexibility index (Phi) is 7.15. The Morgan fingerprint density at radius 1 is 0.968 bits per heavy atom. The summed E-state index contributed by atoms with van der Waals surface area (Å²) >= 11 is 5.95. The number of anilines is 2. The first kappa shape index (κ1) is 22.2. The first-order valence-corrected chi connectivity index (χ1v) is 10.1. The summed E-state index contributed by atoms with van der Waals surface area (Å²) in [6, 6.07) is 10.9. The third-order valence-corrected chi connectivity index (χ3v) is 5.06. The Morgan fingerprint density at radius 2 is 1.68 bits per heavy atom. The molecule has 0 unspecified atom stereocenters. The van der Waals surface area contributed by atoms with Gasteiger partial charge in [0.1, 0.15) is 5.75 Å². The molecule has 0 saturated carbocycles. The number of urea groups is 1. The number of aromatic hydroxyl groups is 1. The van der Waals surface area contributed by atoms with Gasteiger partial charge in [0.25, 0.3) is 5.91 Å². The van der Waals surface area contributed by atoms with E-state index in [1.807, 2.05) is 0 Å². The van der Waals surface area contributed by atoms with Gasteiger partial charge in [-0.05, 0) is 48.9 Å². The van der Waals surface area contributed by atoms with Gasteiger partial charge in [-0.3, -0.25) is 9.59 Å². The van der Waals surface area contributed by atoms with E-state index in [1.54, 1.807) is 34.1 Å². The first-order valence-electron chi connectivity index (χ1n) is 9.74. The van der Waals surface area contributed by atoms with Gasteiger partial charge in [-0.15, -0.1) is 0 Å². The molecule has 0 radical (unpaired) electrons. The minimum Gasteiger partial charge on any atom is -0.507 e. The largest absolute Gasteiger partial charge is 0.507 e. The van der Waals surface area contributed by atoms with E-state index in [2.05, 4.69) is 17.2 Å². The van der Waals surface area contributed by atoms with Crippen LogP contribution in [0.4, 0.5) is 16.2 Å². The molecule has 2 aromatic rings. The summed E-state index contributed by atoms with van der Waals surface area (Å²) in [6.07, 6.45) is 1.70. The second kappa shape index (κ2) is 9.99. The number of benzene rings is 2. The zero-order valence-corrected chi connectivity index (χ0v) is 17.6. The number of hydrogen-bond acceptors (Lipinski definition) is 4. The van der Waals surface area contributed by atoms with Crippen LogP contribution in [0.2, 0.25) is 5.02 Å². The number of carbonyl (C=O) groups is 3. The minimum atomic E-state index is -0.416. The first-order chi connectivity index (χ1) is 14.9. The number of halogens is 1. The van der Waals surface area contributed by atoms with Gasteiger partial charge >= 0.3 is 6.03 Å². The quantitative estimate of drug-likeness (QED) is 0.497. The van der Waals surface area contributed by atoms with Crippen LogP contribution in [0.1, 0.15) is 16.8 Å². The molecule has 2 aromatic carbocycles. The van der Waals surface area contributed by atoms with Crippen molar-refractivity contribution in [3.63, 3.8) is 0 Å². The summed E-state index contributed by atoms with van der Waals surface area (Å²) in [5.41, 5.74) is 1.06. The summed E-state index contributed by atoms with van der Waals surface area (Å²) in [6.45, 7) is 4.95.